The van der Waals surface area contributed by atoms with Crippen molar-refractivity contribution in [1.29, 1.82) is 0 Å². The summed E-state index contributed by atoms with van der Waals surface area (Å²) in [7, 11) is 0. The van der Waals surface area contributed by atoms with Crippen LogP contribution in [0.15, 0.2) is 4.52 Å². The SMILES string of the molecule is CCOC1(c2noc(C3CSCC3N)n2)CCC(C)CC1. The second-order valence-corrected chi connectivity index (χ2v) is 7.45. The van der Waals surface area contributed by atoms with Crippen molar-refractivity contribution in [3.05, 3.63) is 11.7 Å². The van der Waals surface area contributed by atoms with Gasteiger partial charge in [-0.2, -0.15) is 16.7 Å². The zero-order valence-electron chi connectivity index (χ0n) is 12.9. The van der Waals surface area contributed by atoms with E-state index in [1.54, 1.807) is 0 Å². The first-order chi connectivity index (χ1) is 10.1. The normalized spacial score (nSPS) is 37.0. The molecule has 118 valence electrons. The number of thioether (sulfide) groups is 1. The van der Waals surface area contributed by atoms with E-state index in [9.17, 15) is 0 Å². The van der Waals surface area contributed by atoms with Gasteiger partial charge < -0.3 is 15.0 Å². The largest absolute Gasteiger partial charge is 0.367 e. The molecule has 0 amide bonds. The molecule has 1 saturated carbocycles. The quantitative estimate of drug-likeness (QED) is 0.921. The van der Waals surface area contributed by atoms with Crippen LogP contribution in [0.2, 0.25) is 0 Å². The number of nitrogens with zero attached hydrogens (tertiary/aromatic N) is 2. The topological polar surface area (TPSA) is 74.2 Å². The summed E-state index contributed by atoms with van der Waals surface area (Å²) in [5.41, 5.74) is 5.78. The highest BCUT2D eigenvalue weighted by atomic mass is 32.2. The molecule has 0 radical (unpaired) electrons. The molecule has 2 unspecified atom stereocenters. The molecule has 0 spiro atoms. The smallest absolute Gasteiger partial charge is 0.232 e. The maximum atomic E-state index is 6.13. The number of aromatic nitrogens is 2. The molecule has 5 nitrogen and oxygen atoms in total. The summed E-state index contributed by atoms with van der Waals surface area (Å²) in [6, 6.07) is 0.123. The molecule has 1 aromatic heterocycles. The van der Waals surface area contributed by atoms with E-state index < -0.39 is 0 Å². The fraction of sp³-hybridized carbons (Fsp3) is 0.867. The highest BCUT2D eigenvalue weighted by molar-refractivity contribution is 7.99. The van der Waals surface area contributed by atoms with Crippen molar-refractivity contribution < 1.29 is 9.26 Å². The Kier molecular flexibility index (Phi) is 4.57. The molecule has 1 aromatic rings. The molecule has 21 heavy (non-hydrogen) atoms. The van der Waals surface area contributed by atoms with Crippen molar-refractivity contribution in [3.63, 3.8) is 0 Å². The van der Waals surface area contributed by atoms with Crippen LogP contribution in [0.1, 0.15) is 57.2 Å². The Hall–Kier alpha value is -0.590. The molecular weight excluding hydrogens is 286 g/mol. The third kappa shape index (κ3) is 2.98. The molecule has 2 heterocycles. The Morgan fingerprint density at radius 2 is 2.14 bits per heavy atom. The molecule has 2 atom stereocenters. The third-order valence-electron chi connectivity index (χ3n) is 4.79. The molecule has 0 bridgehead atoms. The van der Waals surface area contributed by atoms with Gasteiger partial charge in [-0.25, -0.2) is 0 Å². The number of hydrogen-bond donors (Lipinski definition) is 1. The zero-order chi connectivity index (χ0) is 14.9. The average molecular weight is 311 g/mol. The second-order valence-electron chi connectivity index (χ2n) is 6.37. The number of hydrogen-bond acceptors (Lipinski definition) is 6. The monoisotopic (exact) mass is 311 g/mol. The first-order valence-electron chi connectivity index (χ1n) is 7.96. The van der Waals surface area contributed by atoms with Gasteiger partial charge in [0.25, 0.3) is 0 Å². The van der Waals surface area contributed by atoms with Crippen LogP contribution in [-0.2, 0) is 10.3 Å². The summed E-state index contributed by atoms with van der Waals surface area (Å²) < 4.78 is 11.6. The molecule has 1 aliphatic heterocycles. The second kappa shape index (κ2) is 6.26. The van der Waals surface area contributed by atoms with E-state index in [2.05, 4.69) is 17.1 Å². The van der Waals surface area contributed by atoms with Crippen LogP contribution in [0.4, 0.5) is 0 Å². The van der Waals surface area contributed by atoms with E-state index in [0.717, 1.165) is 48.9 Å². The lowest BCUT2D eigenvalue weighted by atomic mass is 9.79. The van der Waals surface area contributed by atoms with Gasteiger partial charge in [-0.05, 0) is 38.5 Å². The van der Waals surface area contributed by atoms with Crippen LogP contribution < -0.4 is 5.73 Å². The van der Waals surface area contributed by atoms with Crippen LogP contribution in [-0.4, -0.2) is 34.3 Å². The third-order valence-corrected chi connectivity index (χ3v) is 6.01. The van der Waals surface area contributed by atoms with Gasteiger partial charge in [-0.1, -0.05) is 12.1 Å². The van der Waals surface area contributed by atoms with E-state index in [0.29, 0.717) is 12.5 Å². The molecule has 2 aliphatic rings. The van der Waals surface area contributed by atoms with E-state index >= 15 is 0 Å². The molecular formula is C15H25N3O2S. The van der Waals surface area contributed by atoms with Gasteiger partial charge in [0.05, 0.1) is 5.92 Å². The molecule has 1 aliphatic carbocycles. The fourth-order valence-electron chi connectivity index (χ4n) is 3.33. The Bertz CT molecular complexity index is 471. The zero-order valence-corrected chi connectivity index (χ0v) is 13.7. The van der Waals surface area contributed by atoms with Crippen molar-refractivity contribution in [2.75, 3.05) is 18.1 Å². The van der Waals surface area contributed by atoms with Crippen molar-refractivity contribution in [2.45, 2.75) is 57.1 Å². The highest BCUT2D eigenvalue weighted by Gasteiger charge is 2.42. The Labute approximate surface area is 130 Å². The molecule has 3 rings (SSSR count). The molecule has 2 fully saturated rings. The summed E-state index contributed by atoms with van der Waals surface area (Å²) in [5, 5.41) is 4.26. The Balaban J connectivity index is 1.82. The summed E-state index contributed by atoms with van der Waals surface area (Å²) in [5.74, 6) is 4.32. The number of ether oxygens (including phenoxy) is 1. The van der Waals surface area contributed by atoms with Gasteiger partial charge in [-0.15, -0.1) is 0 Å². The van der Waals surface area contributed by atoms with Gasteiger partial charge in [-0.3, -0.25) is 0 Å². The van der Waals surface area contributed by atoms with Crippen molar-refractivity contribution in [1.82, 2.24) is 10.1 Å². The lowest BCUT2D eigenvalue weighted by Crippen LogP contribution is -2.35. The minimum Gasteiger partial charge on any atom is -0.367 e. The molecule has 6 heteroatoms. The first kappa shape index (κ1) is 15.3. The van der Waals surface area contributed by atoms with Crippen molar-refractivity contribution in [3.8, 4) is 0 Å². The predicted octanol–water partition coefficient (Wildman–Crippen LogP) is 2.67. The van der Waals surface area contributed by atoms with Crippen molar-refractivity contribution in [2.24, 2.45) is 11.7 Å². The van der Waals surface area contributed by atoms with Crippen LogP contribution in [0, 0.1) is 5.92 Å². The van der Waals surface area contributed by atoms with Gasteiger partial charge in [0.2, 0.25) is 11.7 Å². The summed E-state index contributed by atoms with van der Waals surface area (Å²) in [6.07, 6.45) is 4.27. The lowest BCUT2D eigenvalue weighted by molar-refractivity contribution is -0.0847. The minimum absolute atomic E-state index is 0.123. The Morgan fingerprint density at radius 1 is 1.38 bits per heavy atom. The lowest BCUT2D eigenvalue weighted by Gasteiger charge is -2.36. The minimum atomic E-state index is -0.348. The van der Waals surface area contributed by atoms with E-state index in [-0.39, 0.29) is 17.6 Å². The molecule has 1 saturated heterocycles. The standard InChI is InChI=1S/C15H25N3O2S/c1-3-19-15(6-4-10(2)5-7-15)14-17-13(20-18-14)11-8-21-9-12(11)16/h10-12H,3-9,16H2,1-2H3. The molecule has 2 N–H and O–H groups in total. The fourth-order valence-corrected chi connectivity index (χ4v) is 4.62. The average Bonchev–Trinajstić information content (AvgIpc) is 3.10. The van der Waals surface area contributed by atoms with Crippen molar-refractivity contribution >= 4 is 11.8 Å². The number of rotatable bonds is 4. The molecule has 0 aromatic carbocycles. The summed E-state index contributed by atoms with van der Waals surface area (Å²) in [4.78, 5) is 4.69. The summed E-state index contributed by atoms with van der Waals surface area (Å²) >= 11 is 1.86. The maximum absolute atomic E-state index is 6.13. The van der Waals surface area contributed by atoms with E-state index in [1.165, 1.54) is 0 Å². The van der Waals surface area contributed by atoms with E-state index in [1.807, 2.05) is 18.7 Å². The van der Waals surface area contributed by atoms with Crippen LogP contribution in [0.3, 0.4) is 0 Å². The van der Waals surface area contributed by atoms with Crippen LogP contribution >= 0.6 is 11.8 Å². The first-order valence-corrected chi connectivity index (χ1v) is 9.11. The van der Waals surface area contributed by atoms with Gasteiger partial charge in [0, 0.05) is 24.2 Å². The van der Waals surface area contributed by atoms with E-state index in [4.69, 9.17) is 15.0 Å². The Morgan fingerprint density at radius 3 is 2.76 bits per heavy atom. The van der Waals surface area contributed by atoms with Gasteiger partial charge >= 0.3 is 0 Å². The van der Waals surface area contributed by atoms with Crippen LogP contribution in [0.5, 0.6) is 0 Å². The maximum Gasteiger partial charge on any atom is 0.232 e. The van der Waals surface area contributed by atoms with Crippen LogP contribution in [0.25, 0.3) is 0 Å². The summed E-state index contributed by atoms with van der Waals surface area (Å²) in [6.45, 7) is 5.01. The number of nitrogens with two attached hydrogens (primary N) is 1. The van der Waals surface area contributed by atoms with Gasteiger partial charge in [0.15, 0.2) is 0 Å². The highest BCUT2D eigenvalue weighted by Crippen LogP contribution is 2.42. The predicted molar refractivity (Wildman–Crippen MR) is 83.3 cm³/mol. The van der Waals surface area contributed by atoms with Gasteiger partial charge in [0.1, 0.15) is 5.60 Å².